The number of aromatic nitrogens is 1. The maximum atomic E-state index is 13.4. The third kappa shape index (κ3) is 3.16. The molecule has 0 bridgehead atoms. The van der Waals surface area contributed by atoms with Crippen molar-refractivity contribution in [1.29, 1.82) is 0 Å². The summed E-state index contributed by atoms with van der Waals surface area (Å²) in [6.07, 6.45) is 5.67. The Hall–Kier alpha value is -2.88. The Morgan fingerprint density at radius 2 is 1.85 bits per heavy atom. The topological polar surface area (TPSA) is 51.2 Å². The third-order valence-corrected chi connectivity index (χ3v) is 5.50. The van der Waals surface area contributed by atoms with E-state index in [0.717, 1.165) is 53.6 Å². The third-order valence-electron chi connectivity index (χ3n) is 5.50. The maximum absolute atomic E-state index is 13.4. The first-order valence-electron chi connectivity index (χ1n) is 9.62. The lowest BCUT2D eigenvalue weighted by molar-refractivity contribution is -0.121. The van der Waals surface area contributed by atoms with Crippen molar-refractivity contribution >= 4 is 22.5 Å². The molecule has 4 heteroatoms. The predicted octanol–water partition coefficient (Wildman–Crippen LogP) is 5.08. The van der Waals surface area contributed by atoms with Gasteiger partial charge in [0, 0.05) is 11.6 Å². The highest BCUT2D eigenvalue weighted by atomic mass is 16.5. The molecular formula is C23H24N2O2. The first-order chi connectivity index (χ1) is 13.2. The zero-order valence-electron chi connectivity index (χ0n) is 15.6. The van der Waals surface area contributed by atoms with Gasteiger partial charge in [0.15, 0.2) is 0 Å². The lowest BCUT2D eigenvalue weighted by atomic mass is 9.78. The van der Waals surface area contributed by atoms with Crippen molar-refractivity contribution in [3.63, 3.8) is 0 Å². The summed E-state index contributed by atoms with van der Waals surface area (Å²) in [7, 11) is 0. The van der Waals surface area contributed by atoms with Gasteiger partial charge in [0.2, 0.25) is 5.91 Å². The molecule has 1 heterocycles. The normalized spacial score (nSPS) is 15.6. The molecule has 1 N–H and O–H groups in total. The molecule has 0 spiro atoms. The van der Waals surface area contributed by atoms with Crippen LogP contribution in [0.2, 0.25) is 0 Å². The molecule has 1 fully saturated rings. The molecule has 0 aliphatic heterocycles. The number of ether oxygens (including phenoxy) is 1. The molecule has 1 aliphatic carbocycles. The van der Waals surface area contributed by atoms with Gasteiger partial charge in [-0.1, -0.05) is 43.2 Å². The summed E-state index contributed by atoms with van der Waals surface area (Å²) < 4.78 is 5.69. The number of amides is 1. The second kappa shape index (κ2) is 7.39. The monoisotopic (exact) mass is 360 g/mol. The smallest absolute Gasteiger partial charge is 0.235 e. The van der Waals surface area contributed by atoms with Gasteiger partial charge in [-0.2, -0.15) is 0 Å². The fourth-order valence-corrected chi connectivity index (χ4v) is 4.15. The van der Waals surface area contributed by atoms with E-state index in [1.165, 1.54) is 0 Å². The summed E-state index contributed by atoms with van der Waals surface area (Å²) in [4.78, 5) is 17.9. The number of carbonyl (C=O) groups is 1. The van der Waals surface area contributed by atoms with E-state index in [0.29, 0.717) is 6.61 Å². The Kier molecular flexibility index (Phi) is 4.80. The molecule has 2 aromatic carbocycles. The number of benzene rings is 2. The SMILES string of the molecule is CCOc1ccc(NC(=O)C2(c3ccccc3)CCCC2)c2cccnc12. The van der Waals surface area contributed by atoms with E-state index in [2.05, 4.69) is 22.4 Å². The fraction of sp³-hybridized carbons (Fsp3) is 0.304. The van der Waals surface area contributed by atoms with Crippen molar-refractivity contribution in [2.24, 2.45) is 0 Å². The summed E-state index contributed by atoms with van der Waals surface area (Å²) in [6.45, 7) is 2.53. The van der Waals surface area contributed by atoms with Gasteiger partial charge >= 0.3 is 0 Å². The van der Waals surface area contributed by atoms with Gasteiger partial charge in [0.1, 0.15) is 11.3 Å². The Balaban J connectivity index is 1.71. The Bertz CT molecular complexity index is 947. The fourth-order valence-electron chi connectivity index (χ4n) is 4.15. The second-order valence-corrected chi connectivity index (χ2v) is 7.05. The summed E-state index contributed by atoms with van der Waals surface area (Å²) in [6, 6.07) is 17.8. The number of anilines is 1. The number of pyridine rings is 1. The van der Waals surface area contributed by atoms with Crippen LogP contribution in [-0.4, -0.2) is 17.5 Å². The Morgan fingerprint density at radius 3 is 2.59 bits per heavy atom. The molecule has 0 radical (unpaired) electrons. The van der Waals surface area contributed by atoms with Gasteiger partial charge in [0.25, 0.3) is 0 Å². The van der Waals surface area contributed by atoms with Gasteiger partial charge in [-0.15, -0.1) is 0 Å². The van der Waals surface area contributed by atoms with Gasteiger partial charge in [0.05, 0.1) is 17.7 Å². The highest BCUT2D eigenvalue weighted by Gasteiger charge is 2.42. The molecule has 1 amide bonds. The molecule has 1 saturated carbocycles. The van der Waals surface area contributed by atoms with Crippen LogP contribution in [0.5, 0.6) is 5.75 Å². The quantitative estimate of drug-likeness (QED) is 0.690. The van der Waals surface area contributed by atoms with Crippen LogP contribution in [0.1, 0.15) is 38.2 Å². The van der Waals surface area contributed by atoms with Crippen molar-refractivity contribution in [2.75, 3.05) is 11.9 Å². The van der Waals surface area contributed by atoms with Crippen molar-refractivity contribution in [3.05, 3.63) is 66.4 Å². The minimum Gasteiger partial charge on any atom is -0.492 e. The van der Waals surface area contributed by atoms with E-state index in [4.69, 9.17) is 4.74 Å². The molecule has 1 aromatic heterocycles. The largest absolute Gasteiger partial charge is 0.492 e. The average molecular weight is 360 g/mol. The molecule has 27 heavy (non-hydrogen) atoms. The summed E-state index contributed by atoms with van der Waals surface area (Å²) in [5.41, 5.74) is 2.22. The lowest BCUT2D eigenvalue weighted by Crippen LogP contribution is -2.38. The van der Waals surface area contributed by atoms with Crippen LogP contribution in [0.25, 0.3) is 10.9 Å². The van der Waals surface area contributed by atoms with Gasteiger partial charge in [-0.25, -0.2) is 0 Å². The standard InChI is InChI=1S/C23H24N2O2/c1-2-27-20-13-12-19(18-11-8-16-24-21(18)20)25-22(26)23(14-6-7-15-23)17-9-4-3-5-10-17/h3-5,8-13,16H,2,6-7,14-15H2,1H3,(H,25,26). The van der Waals surface area contributed by atoms with Crippen LogP contribution >= 0.6 is 0 Å². The van der Waals surface area contributed by atoms with Gasteiger partial charge in [-0.3, -0.25) is 9.78 Å². The van der Waals surface area contributed by atoms with E-state index in [1.807, 2.05) is 49.4 Å². The second-order valence-electron chi connectivity index (χ2n) is 7.05. The first kappa shape index (κ1) is 17.5. The van der Waals surface area contributed by atoms with Crippen molar-refractivity contribution in [3.8, 4) is 5.75 Å². The molecule has 0 atom stereocenters. The van der Waals surface area contributed by atoms with E-state index in [9.17, 15) is 4.79 Å². The predicted molar refractivity (Wildman–Crippen MR) is 108 cm³/mol. The molecule has 0 saturated heterocycles. The highest BCUT2D eigenvalue weighted by Crippen LogP contribution is 2.42. The lowest BCUT2D eigenvalue weighted by Gasteiger charge is -2.28. The zero-order valence-corrected chi connectivity index (χ0v) is 15.6. The highest BCUT2D eigenvalue weighted by molar-refractivity contribution is 6.06. The number of nitrogens with zero attached hydrogens (tertiary/aromatic N) is 1. The van der Waals surface area contributed by atoms with Crippen LogP contribution in [-0.2, 0) is 10.2 Å². The molecule has 4 rings (SSSR count). The molecule has 138 valence electrons. The van der Waals surface area contributed by atoms with E-state index >= 15 is 0 Å². The van der Waals surface area contributed by atoms with E-state index in [1.54, 1.807) is 6.20 Å². The minimum absolute atomic E-state index is 0.0699. The number of hydrogen-bond acceptors (Lipinski definition) is 3. The van der Waals surface area contributed by atoms with Crippen LogP contribution in [0.3, 0.4) is 0 Å². The zero-order chi connectivity index (χ0) is 18.7. The molecule has 0 unspecified atom stereocenters. The van der Waals surface area contributed by atoms with Gasteiger partial charge < -0.3 is 10.1 Å². The van der Waals surface area contributed by atoms with Crippen molar-refractivity contribution in [1.82, 2.24) is 4.98 Å². The summed E-state index contributed by atoms with van der Waals surface area (Å²) in [5, 5.41) is 4.10. The maximum Gasteiger partial charge on any atom is 0.235 e. The van der Waals surface area contributed by atoms with E-state index < -0.39 is 5.41 Å². The van der Waals surface area contributed by atoms with Crippen molar-refractivity contribution < 1.29 is 9.53 Å². The average Bonchev–Trinajstić information content (AvgIpc) is 3.22. The summed E-state index contributed by atoms with van der Waals surface area (Å²) >= 11 is 0. The number of rotatable bonds is 5. The van der Waals surface area contributed by atoms with Crippen LogP contribution < -0.4 is 10.1 Å². The molecule has 4 nitrogen and oxygen atoms in total. The Labute approximate surface area is 159 Å². The van der Waals surface area contributed by atoms with Gasteiger partial charge in [-0.05, 0) is 49.6 Å². The molecular weight excluding hydrogens is 336 g/mol. The molecule has 1 aliphatic rings. The van der Waals surface area contributed by atoms with E-state index in [-0.39, 0.29) is 5.91 Å². The van der Waals surface area contributed by atoms with Crippen molar-refractivity contribution in [2.45, 2.75) is 38.0 Å². The number of carbonyl (C=O) groups excluding carboxylic acids is 1. The minimum atomic E-state index is -0.450. The van der Waals surface area contributed by atoms with Crippen LogP contribution in [0, 0.1) is 0 Å². The van der Waals surface area contributed by atoms with Crippen LogP contribution in [0.15, 0.2) is 60.8 Å². The molecule has 3 aromatic rings. The number of nitrogens with one attached hydrogen (secondary N) is 1. The van der Waals surface area contributed by atoms with Crippen LogP contribution in [0.4, 0.5) is 5.69 Å². The first-order valence-corrected chi connectivity index (χ1v) is 9.62. The summed E-state index contributed by atoms with van der Waals surface area (Å²) in [5.74, 6) is 0.810. The Morgan fingerprint density at radius 1 is 1.07 bits per heavy atom. The number of fused-ring (bicyclic) bond motifs is 1. The number of hydrogen-bond donors (Lipinski definition) is 1.